The molecular weight excluding hydrogens is 368 g/mol. The van der Waals surface area contributed by atoms with Crippen LogP contribution in [0, 0.1) is 7.14 Å². The largest absolute Gasteiger partial charge is 0.506 e. The summed E-state index contributed by atoms with van der Waals surface area (Å²) in [6.07, 6.45) is 0. The van der Waals surface area contributed by atoms with Gasteiger partial charge in [-0.2, -0.15) is 0 Å². The maximum absolute atomic E-state index is 9.38. The van der Waals surface area contributed by atoms with Gasteiger partial charge < -0.3 is 10.4 Å². The van der Waals surface area contributed by atoms with Crippen molar-refractivity contribution in [2.45, 2.75) is 0 Å². The third-order valence-corrected chi connectivity index (χ3v) is 2.95. The van der Waals surface area contributed by atoms with Crippen molar-refractivity contribution in [3.8, 4) is 5.75 Å². The summed E-state index contributed by atoms with van der Waals surface area (Å²) in [7, 11) is 1.86. The Kier molecular flexibility index (Phi) is 3.23. The van der Waals surface area contributed by atoms with Crippen LogP contribution in [0.25, 0.3) is 0 Å². The first-order chi connectivity index (χ1) is 5.15. The molecule has 0 aliphatic carbocycles. The molecule has 0 heterocycles. The molecule has 0 saturated heterocycles. The molecule has 2 N–H and O–H groups in total. The van der Waals surface area contributed by atoms with Crippen LogP contribution in [0.5, 0.6) is 5.75 Å². The van der Waals surface area contributed by atoms with Crippen LogP contribution < -0.4 is 5.32 Å². The van der Waals surface area contributed by atoms with Gasteiger partial charge in [0.15, 0.2) is 0 Å². The Labute approximate surface area is 92.7 Å². The van der Waals surface area contributed by atoms with Gasteiger partial charge in [-0.1, -0.05) is 0 Å². The Morgan fingerprint density at radius 1 is 1.27 bits per heavy atom. The SMILES string of the molecule is CNc1cc(I)c(O)c(I)c1. The van der Waals surface area contributed by atoms with Crippen LogP contribution in [0.1, 0.15) is 0 Å². The minimum absolute atomic E-state index is 0.366. The first-order valence-electron chi connectivity index (χ1n) is 3.01. The highest BCUT2D eigenvalue weighted by Crippen LogP contribution is 2.29. The van der Waals surface area contributed by atoms with Crippen LogP contribution in [0.2, 0.25) is 0 Å². The fraction of sp³-hybridized carbons (Fsp3) is 0.143. The van der Waals surface area contributed by atoms with Crippen molar-refractivity contribution >= 4 is 50.9 Å². The van der Waals surface area contributed by atoms with E-state index in [1.165, 1.54) is 0 Å². The summed E-state index contributed by atoms with van der Waals surface area (Å²) in [5, 5.41) is 12.4. The number of phenolic OH excluding ortho intramolecular Hbond substituents is 1. The lowest BCUT2D eigenvalue weighted by atomic mass is 10.3. The Hall–Kier alpha value is 0.280. The van der Waals surface area contributed by atoms with Crippen LogP contribution in [0.4, 0.5) is 5.69 Å². The van der Waals surface area contributed by atoms with Gasteiger partial charge in [-0.05, 0) is 57.3 Å². The van der Waals surface area contributed by atoms with Crippen molar-refractivity contribution < 1.29 is 5.11 Å². The average Bonchev–Trinajstić information content (AvgIpc) is 1.99. The van der Waals surface area contributed by atoms with Crippen LogP contribution in [0.3, 0.4) is 0 Å². The second-order valence-corrected chi connectivity index (χ2v) is 4.36. The number of halogens is 2. The van der Waals surface area contributed by atoms with Gasteiger partial charge in [0.2, 0.25) is 0 Å². The minimum Gasteiger partial charge on any atom is -0.506 e. The summed E-state index contributed by atoms with van der Waals surface area (Å²) < 4.78 is 1.75. The van der Waals surface area contributed by atoms with E-state index in [4.69, 9.17) is 0 Å². The van der Waals surface area contributed by atoms with E-state index in [1.54, 1.807) is 0 Å². The zero-order chi connectivity index (χ0) is 8.43. The standard InChI is InChI=1S/C7H7I2NO/c1-10-4-2-5(8)7(11)6(9)3-4/h2-3,10-11H,1H3. The molecule has 11 heavy (non-hydrogen) atoms. The average molecular weight is 375 g/mol. The van der Waals surface area contributed by atoms with Gasteiger partial charge in [-0.3, -0.25) is 0 Å². The van der Waals surface area contributed by atoms with E-state index in [1.807, 2.05) is 19.2 Å². The number of benzene rings is 1. The van der Waals surface area contributed by atoms with Crippen LogP contribution in [-0.4, -0.2) is 12.2 Å². The van der Waals surface area contributed by atoms with Crippen molar-refractivity contribution in [3.05, 3.63) is 19.3 Å². The number of anilines is 1. The maximum Gasteiger partial charge on any atom is 0.142 e. The quantitative estimate of drug-likeness (QED) is 0.585. The van der Waals surface area contributed by atoms with E-state index in [0.717, 1.165) is 12.8 Å². The lowest BCUT2D eigenvalue weighted by Gasteiger charge is -2.04. The predicted octanol–water partition coefficient (Wildman–Crippen LogP) is 2.64. The third-order valence-electron chi connectivity index (χ3n) is 1.31. The molecule has 0 atom stereocenters. The summed E-state index contributed by atoms with van der Waals surface area (Å²) in [5.74, 6) is 0.366. The zero-order valence-electron chi connectivity index (χ0n) is 5.86. The summed E-state index contributed by atoms with van der Waals surface area (Å²) in [6.45, 7) is 0. The van der Waals surface area contributed by atoms with Gasteiger partial charge in [0.1, 0.15) is 5.75 Å². The van der Waals surface area contributed by atoms with Crippen molar-refractivity contribution in [1.82, 2.24) is 0 Å². The van der Waals surface area contributed by atoms with E-state index in [9.17, 15) is 5.11 Å². The second-order valence-electron chi connectivity index (χ2n) is 2.04. The molecule has 0 unspecified atom stereocenters. The van der Waals surface area contributed by atoms with E-state index >= 15 is 0 Å². The molecule has 0 bridgehead atoms. The fourth-order valence-corrected chi connectivity index (χ4v) is 2.48. The normalized spacial score (nSPS) is 9.73. The smallest absolute Gasteiger partial charge is 0.142 e. The monoisotopic (exact) mass is 375 g/mol. The Balaban J connectivity index is 3.21. The summed E-state index contributed by atoms with van der Waals surface area (Å²) in [6, 6.07) is 3.80. The molecule has 0 aliphatic rings. The Morgan fingerprint density at radius 2 is 1.73 bits per heavy atom. The van der Waals surface area contributed by atoms with Crippen LogP contribution in [-0.2, 0) is 0 Å². The van der Waals surface area contributed by atoms with E-state index in [2.05, 4.69) is 50.5 Å². The van der Waals surface area contributed by atoms with Crippen molar-refractivity contribution in [2.75, 3.05) is 12.4 Å². The first-order valence-corrected chi connectivity index (χ1v) is 5.16. The molecule has 4 heteroatoms. The van der Waals surface area contributed by atoms with Crippen molar-refractivity contribution in [3.63, 3.8) is 0 Å². The molecule has 0 aromatic heterocycles. The van der Waals surface area contributed by atoms with Gasteiger partial charge >= 0.3 is 0 Å². The molecule has 2 nitrogen and oxygen atoms in total. The highest BCUT2D eigenvalue weighted by molar-refractivity contribution is 14.1. The summed E-state index contributed by atoms with van der Waals surface area (Å²) in [4.78, 5) is 0. The minimum atomic E-state index is 0.366. The molecule has 1 rings (SSSR count). The summed E-state index contributed by atoms with van der Waals surface area (Å²) in [5.41, 5.74) is 1.02. The van der Waals surface area contributed by atoms with Crippen LogP contribution in [0.15, 0.2) is 12.1 Å². The molecule has 1 aromatic carbocycles. The topological polar surface area (TPSA) is 32.3 Å². The highest BCUT2D eigenvalue weighted by atomic mass is 127. The molecule has 0 saturated carbocycles. The van der Waals surface area contributed by atoms with Gasteiger partial charge in [0.05, 0.1) is 7.14 Å². The van der Waals surface area contributed by atoms with E-state index in [-0.39, 0.29) is 0 Å². The maximum atomic E-state index is 9.38. The third kappa shape index (κ3) is 2.11. The molecule has 0 spiro atoms. The Morgan fingerprint density at radius 3 is 2.09 bits per heavy atom. The second kappa shape index (κ2) is 3.79. The van der Waals surface area contributed by atoms with Crippen molar-refractivity contribution in [2.24, 2.45) is 0 Å². The lowest BCUT2D eigenvalue weighted by Crippen LogP contribution is -1.90. The molecule has 0 amide bonds. The van der Waals surface area contributed by atoms with Gasteiger partial charge in [-0.15, -0.1) is 0 Å². The number of nitrogens with one attached hydrogen (secondary N) is 1. The number of hydrogen-bond donors (Lipinski definition) is 2. The van der Waals surface area contributed by atoms with Gasteiger partial charge in [0, 0.05) is 12.7 Å². The number of hydrogen-bond acceptors (Lipinski definition) is 2. The molecule has 0 radical (unpaired) electrons. The molecule has 60 valence electrons. The van der Waals surface area contributed by atoms with Crippen molar-refractivity contribution in [1.29, 1.82) is 0 Å². The highest BCUT2D eigenvalue weighted by Gasteiger charge is 2.03. The Bertz CT molecular complexity index is 252. The van der Waals surface area contributed by atoms with Gasteiger partial charge in [-0.25, -0.2) is 0 Å². The molecule has 1 aromatic rings. The fourth-order valence-electron chi connectivity index (χ4n) is 0.710. The van der Waals surface area contributed by atoms with E-state index in [0.29, 0.717) is 5.75 Å². The van der Waals surface area contributed by atoms with E-state index < -0.39 is 0 Å². The number of rotatable bonds is 1. The molecular formula is C7H7I2NO. The molecule has 0 aliphatic heterocycles. The predicted molar refractivity (Wildman–Crippen MR) is 63.1 cm³/mol. The summed E-state index contributed by atoms with van der Waals surface area (Å²) >= 11 is 4.21. The van der Waals surface area contributed by atoms with Gasteiger partial charge in [0.25, 0.3) is 0 Å². The number of aromatic hydroxyl groups is 1. The number of phenols is 1. The first kappa shape index (κ1) is 9.37. The lowest BCUT2D eigenvalue weighted by molar-refractivity contribution is 0.468. The zero-order valence-corrected chi connectivity index (χ0v) is 10.2. The van der Waals surface area contributed by atoms with Crippen LogP contribution >= 0.6 is 45.2 Å². The molecule has 0 fully saturated rings.